The molecule has 1 saturated heterocycles. The number of nitrogens with zero attached hydrogens (tertiary/aromatic N) is 2. The molecule has 1 unspecified atom stereocenters. The second-order valence-electron chi connectivity index (χ2n) is 5.54. The maximum atomic E-state index is 14.3. The van der Waals surface area contributed by atoms with Crippen LogP contribution >= 0.6 is 11.6 Å². The van der Waals surface area contributed by atoms with Gasteiger partial charge in [-0.25, -0.2) is 9.18 Å². The largest absolute Gasteiger partial charge is 0.336 e. The number of nitrogens with one attached hydrogen (secondary N) is 1. The van der Waals surface area contributed by atoms with Crippen LogP contribution in [-0.2, 0) is 0 Å². The van der Waals surface area contributed by atoms with Crippen LogP contribution in [-0.4, -0.2) is 30.9 Å². The average Bonchev–Trinajstić information content (AvgIpc) is 2.82. The van der Waals surface area contributed by atoms with Crippen LogP contribution in [0.2, 0.25) is 5.02 Å². The number of carbonyl (C=O) groups is 1. The second kappa shape index (κ2) is 5.35. The van der Waals surface area contributed by atoms with Crippen molar-refractivity contribution in [2.24, 2.45) is 4.99 Å². The molecule has 0 spiro atoms. The van der Waals surface area contributed by atoms with E-state index in [4.69, 9.17) is 11.6 Å². The minimum absolute atomic E-state index is 0.0771. The summed E-state index contributed by atoms with van der Waals surface area (Å²) in [6, 6.07) is 11.5. The number of hydrogen-bond donors (Lipinski definition) is 1. The maximum Gasteiger partial charge on any atom is 0.322 e. The van der Waals surface area contributed by atoms with E-state index < -0.39 is 0 Å². The minimum Gasteiger partial charge on any atom is -0.336 e. The maximum absolute atomic E-state index is 14.3. The van der Waals surface area contributed by atoms with Crippen molar-refractivity contribution < 1.29 is 9.18 Å². The van der Waals surface area contributed by atoms with Gasteiger partial charge >= 0.3 is 6.03 Å². The molecule has 4 nitrogen and oxygen atoms in total. The summed E-state index contributed by atoms with van der Waals surface area (Å²) >= 11 is 6.13. The van der Waals surface area contributed by atoms with E-state index in [1.54, 1.807) is 41.3 Å². The zero-order valence-electron chi connectivity index (χ0n) is 12.1. The fourth-order valence-corrected chi connectivity index (χ4v) is 3.25. The number of urea groups is 1. The fourth-order valence-electron chi connectivity index (χ4n) is 3.07. The van der Waals surface area contributed by atoms with Crippen LogP contribution in [0.4, 0.5) is 14.9 Å². The van der Waals surface area contributed by atoms with Crippen molar-refractivity contribution in [2.45, 2.75) is 6.04 Å². The molecule has 1 fully saturated rings. The second-order valence-corrected chi connectivity index (χ2v) is 5.98. The Labute approximate surface area is 137 Å². The topological polar surface area (TPSA) is 44.7 Å². The summed E-state index contributed by atoms with van der Waals surface area (Å²) in [4.78, 5) is 18.5. The van der Waals surface area contributed by atoms with Gasteiger partial charge in [0.05, 0.1) is 24.0 Å². The van der Waals surface area contributed by atoms with Crippen molar-refractivity contribution in [1.82, 2.24) is 5.32 Å². The van der Waals surface area contributed by atoms with E-state index in [0.29, 0.717) is 40.6 Å². The molecule has 0 bridgehead atoms. The predicted octanol–water partition coefficient (Wildman–Crippen LogP) is 3.23. The molecule has 2 heterocycles. The molecule has 4 rings (SSSR count). The van der Waals surface area contributed by atoms with Crippen molar-refractivity contribution >= 4 is 29.0 Å². The van der Waals surface area contributed by atoms with E-state index >= 15 is 0 Å². The van der Waals surface area contributed by atoms with Gasteiger partial charge in [0.25, 0.3) is 0 Å². The van der Waals surface area contributed by atoms with Crippen LogP contribution in [0.1, 0.15) is 11.1 Å². The lowest BCUT2D eigenvalue weighted by Gasteiger charge is -2.22. The summed E-state index contributed by atoms with van der Waals surface area (Å²) in [5, 5.41) is 3.34. The van der Waals surface area contributed by atoms with E-state index in [2.05, 4.69) is 10.3 Å². The van der Waals surface area contributed by atoms with Gasteiger partial charge in [-0.05, 0) is 30.3 Å². The Balaban J connectivity index is 1.95. The lowest BCUT2D eigenvalue weighted by Crippen LogP contribution is -2.35. The van der Waals surface area contributed by atoms with Crippen LogP contribution in [0.5, 0.6) is 0 Å². The minimum atomic E-state index is -0.344. The first kappa shape index (κ1) is 14.2. The number of rotatable bonds is 1. The summed E-state index contributed by atoms with van der Waals surface area (Å²) in [7, 11) is 0. The quantitative estimate of drug-likeness (QED) is 0.857. The van der Waals surface area contributed by atoms with Crippen molar-refractivity contribution in [3.63, 3.8) is 0 Å². The van der Waals surface area contributed by atoms with E-state index in [9.17, 15) is 9.18 Å². The lowest BCUT2D eigenvalue weighted by atomic mass is 9.99. The Morgan fingerprint density at radius 1 is 1.22 bits per heavy atom. The number of benzene rings is 2. The Kier molecular flexibility index (Phi) is 3.31. The highest BCUT2D eigenvalue weighted by molar-refractivity contribution is 6.31. The lowest BCUT2D eigenvalue weighted by molar-refractivity contribution is 0.251. The van der Waals surface area contributed by atoms with Gasteiger partial charge in [0.2, 0.25) is 0 Å². The number of amides is 2. The van der Waals surface area contributed by atoms with E-state index in [1.165, 1.54) is 6.07 Å². The fraction of sp³-hybridized carbons (Fsp3) is 0.176. The van der Waals surface area contributed by atoms with Gasteiger partial charge in [-0.2, -0.15) is 0 Å². The number of fused-ring (bicyclic) bond motifs is 3. The highest BCUT2D eigenvalue weighted by Gasteiger charge is 2.36. The molecule has 0 saturated carbocycles. The summed E-state index contributed by atoms with van der Waals surface area (Å²) in [6.07, 6.45) is 0. The molecule has 2 aliphatic rings. The van der Waals surface area contributed by atoms with Gasteiger partial charge in [-0.15, -0.1) is 0 Å². The third-order valence-corrected chi connectivity index (χ3v) is 4.37. The standard InChI is InChI=1S/C17H13ClFN3O/c18-10-5-6-15-13(7-10)16(12-3-1-2-4-14(12)19)20-8-11-9-21-17(23)22(11)15/h1-7,11H,8-9H2,(H,21,23). The van der Waals surface area contributed by atoms with Gasteiger partial charge < -0.3 is 5.32 Å². The number of aliphatic imine (C=N–C) groups is 1. The predicted molar refractivity (Wildman–Crippen MR) is 88.0 cm³/mol. The molecule has 2 amide bonds. The molecule has 0 aliphatic carbocycles. The van der Waals surface area contributed by atoms with Gasteiger partial charge in [-0.1, -0.05) is 23.7 Å². The third-order valence-electron chi connectivity index (χ3n) is 4.14. The Morgan fingerprint density at radius 2 is 2.04 bits per heavy atom. The highest BCUT2D eigenvalue weighted by Crippen LogP contribution is 2.33. The summed E-state index contributed by atoms with van der Waals surface area (Å²) in [5.74, 6) is -0.344. The van der Waals surface area contributed by atoms with Crippen LogP contribution in [0.15, 0.2) is 47.5 Å². The molecule has 0 radical (unpaired) electrons. The molecule has 2 aromatic carbocycles. The first-order valence-electron chi connectivity index (χ1n) is 7.31. The molecule has 2 aromatic rings. The van der Waals surface area contributed by atoms with Crippen LogP contribution in [0.3, 0.4) is 0 Å². The van der Waals surface area contributed by atoms with Crippen molar-refractivity contribution in [3.05, 3.63) is 64.4 Å². The summed E-state index contributed by atoms with van der Waals surface area (Å²) in [6.45, 7) is 0.934. The smallest absolute Gasteiger partial charge is 0.322 e. The molecular formula is C17H13ClFN3O. The summed E-state index contributed by atoms with van der Waals surface area (Å²) < 4.78 is 14.3. The molecule has 23 heavy (non-hydrogen) atoms. The van der Waals surface area contributed by atoms with Crippen LogP contribution < -0.4 is 10.2 Å². The SMILES string of the molecule is O=C1NCC2CN=C(c3ccccc3F)c3cc(Cl)ccc3N12. The third kappa shape index (κ3) is 2.28. The zero-order chi connectivity index (χ0) is 16.0. The molecule has 1 N–H and O–H groups in total. The van der Waals surface area contributed by atoms with Crippen molar-refractivity contribution in [1.29, 1.82) is 0 Å². The average molecular weight is 330 g/mol. The summed E-state index contributed by atoms with van der Waals surface area (Å²) in [5.41, 5.74) is 2.32. The Bertz CT molecular complexity index is 836. The Morgan fingerprint density at radius 3 is 2.87 bits per heavy atom. The highest BCUT2D eigenvalue weighted by atomic mass is 35.5. The van der Waals surface area contributed by atoms with Gasteiger partial charge in [-0.3, -0.25) is 9.89 Å². The number of carbonyl (C=O) groups excluding carboxylic acids is 1. The molecule has 116 valence electrons. The molecular weight excluding hydrogens is 317 g/mol. The van der Waals surface area contributed by atoms with E-state index in [1.807, 2.05) is 0 Å². The normalized spacial score (nSPS) is 19.6. The number of halogens is 2. The Hall–Kier alpha value is -2.40. The molecule has 1 atom stereocenters. The first-order valence-corrected chi connectivity index (χ1v) is 7.69. The van der Waals surface area contributed by atoms with Gasteiger partial charge in [0.1, 0.15) is 5.82 Å². The van der Waals surface area contributed by atoms with Crippen LogP contribution in [0, 0.1) is 5.82 Å². The van der Waals surface area contributed by atoms with Gasteiger partial charge in [0, 0.05) is 22.7 Å². The number of hydrogen-bond acceptors (Lipinski definition) is 2. The number of anilines is 1. The van der Waals surface area contributed by atoms with Crippen molar-refractivity contribution in [2.75, 3.05) is 18.0 Å². The zero-order valence-corrected chi connectivity index (χ0v) is 12.8. The van der Waals surface area contributed by atoms with E-state index in [-0.39, 0.29) is 17.9 Å². The molecule has 0 aromatic heterocycles. The van der Waals surface area contributed by atoms with E-state index in [0.717, 1.165) is 0 Å². The molecule has 2 aliphatic heterocycles. The van der Waals surface area contributed by atoms with Crippen LogP contribution in [0.25, 0.3) is 0 Å². The van der Waals surface area contributed by atoms with Gasteiger partial charge in [0.15, 0.2) is 0 Å². The monoisotopic (exact) mass is 329 g/mol. The van der Waals surface area contributed by atoms with Crippen molar-refractivity contribution in [3.8, 4) is 0 Å². The molecule has 6 heteroatoms. The first-order chi connectivity index (χ1) is 11.1.